The Hall–Kier alpha value is 0.00987. The topological polar surface area (TPSA) is 27.7 Å². The summed E-state index contributed by atoms with van der Waals surface area (Å²) in [6.07, 6.45) is 5.64. The second kappa shape index (κ2) is 5.77. The fourth-order valence-electron chi connectivity index (χ4n) is 0.861. The summed E-state index contributed by atoms with van der Waals surface area (Å²) in [4.78, 5) is 8.26. The third-order valence-electron chi connectivity index (χ3n) is 1.36. The molecule has 0 saturated carbocycles. The van der Waals surface area contributed by atoms with Crippen LogP contribution >= 0.6 is 0 Å². The Morgan fingerprint density at radius 1 is 1.10 bits per heavy atom. The van der Waals surface area contributed by atoms with Gasteiger partial charge in [0.15, 0.2) is 0 Å². The molecule has 2 rings (SSSR count). The van der Waals surface area contributed by atoms with Gasteiger partial charge in [-0.3, -0.25) is 4.81 Å². The van der Waals surface area contributed by atoms with Crippen molar-refractivity contribution < 1.29 is 14.7 Å². The van der Waals surface area contributed by atoms with Crippen LogP contribution in [0.4, 0.5) is 0 Å². The van der Waals surface area contributed by atoms with E-state index < -0.39 is 0 Å². The second-order valence-electron chi connectivity index (χ2n) is 2.19. The van der Waals surface area contributed by atoms with Crippen molar-refractivity contribution in [2.45, 2.75) is 25.5 Å². The molecule has 2 heterocycles. The van der Waals surface area contributed by atoms with Crippen molar-refractivity contribution in [3.63, 3.8) is 0 Å². The van der Waals surface area contributed by atoms with Crippen molar-refractivity contribution >= 4 is 14.8 Å². The number of hydrogen-bond donors (Lipinski definition) is 0. The first kappa shape index (κ1) is 8.11. The largest absolute Gasteiger partial charge is 0.380 e. The van der Waals surface area contributed by atoms with Crippen LogP contribution in [-0.4, -0.2) is 21.3 Å². The molecule has 10 heavy (non-hydrogen) atoms. The van der Waals surface area contributed by atoms with E-state index in [2.05, 4.69) is 22.0 Å². The highest BCUT2D eigenvalue weighted by molar-refractivity contribution is 6.36. The van der Waals surface area contributed by atoms with Crippen LogP contribution in [0.15, 0.2) is 0 Å². The fraction of sp³-hybridized carbons (Fsp3) is 1.00. The summed E-state index contributed by atoms with van der Waals surface area (Å²) in [5.41, 5.74) is 0. The van der Waals surface area contributed by atoms with E-state index in [0.29, 0.717) is 6.51 Å². The molecule has 5 heteroatoms. The lowest BCUT2D eigenvalue weighted by molar-refractivity contribution is -0.433. The Morgan fingerprint density at radius 2 is 1.90 bits per heavy atom. The van der Waals surface area contributed by atoms with E-state index in [4.69, 9.17) is 0 Å². The van der Waals surface area contributed by atoms with Gasteiger partial charge in [0.1, 0.15) is 7.28 Å². The van der Waals surface area contributed by atoms with Crippen LogP contribution < -0.4 is 0 Å². The van der Waals surface area contributed by atoms with Crippen molar-refractivity contribution in [2.24, 2.45) is 0 Å². The molecule has 0 N–H and O–H groups in total. The van der Waals surface area contributed by atoms with Crippen LogP contribution in [-0.2, 0) is 14.7 Å². The van der Waals surface area contributed by atoms with Gasteiger partial charge in [-0.15, -0.1) is 0 Å². The van der Waals surface area contributed by atoms with Crippen molar-refractivity contribution in [1.29, 1.82) is 0 Å². The Labute approximate surface area is 62.4 Å². The molecule has 0 unspecified atom stereocenters. The Kier molecular flexibility index (Phi) is 4.68. The standard InChI is InChI=1S/C4H8B.CH2BO3/c2*1-2-4-5-3-1/h1-4H2;1H2. The van der Waals surface area contributed by atoms with Gasteiger partial charge in [-0.05, 0) is 0 Å². The molecule has 0 atom stereocenters. The van der Waals surface area contributed by atoms with Gasteiger partial charge in [-0.25, -0.2) is 4.89 Å². The van der Waals surface area contributed by atoms with Gasteiger partial charge < -0.3 is 0 Å². The van der Waals surface area contributed by atoms with Crippen molar-refractivity contribution in [2.75, 3.05) is 6.51 Å². The van der Waals surface area contributed by atoms with Gasteiger partial charge in [0, 0.05) is 0 Å². The summed E-state index contributed by atoms with van der Waals surface area (Å²) in [6, 6.07) is 0. The van der Waals surface area contributed by atoms with E-state index in [1.807, 2.05) is 0 Å². The fourth-order valence-corrected chi connectivity index (χ4v) is 0.861. The molecule has 0 aromatic rings. The highest BCUT2D eigenvalue weighted by Gasteiger charge is 2.01. The van der Waals surface area contributed by atoms with Crippen LogP contribution in [0.3, 0.4) is 0 Å². The Morgan fingerprint density at radius 3 is 2.10 bits per heavy atom. The van der Waals surface area contributed by atoms with Gasteiger partial charge in [0.05, 0.1) is 6.51 Å². The smallest absolute Gasteiger partial charge is 0.278 e. The maximum Gasteiger partial charge on any atom is 0.380 e. The summed E-state index contributed by atoms with van der Waals surface area (Å²) >= 11 is 0. The van der Waals surface area contributed by atoms with Crippen LogP contribution in [0.25, 0.3) is 0 Å². The SMILES string of the molecule is [B]1CCCC1.[B]1COOO1. The maximum atomic E-state index is 4.17. The highest BCUT2D eigenvalue weighted by Crippen LogP contribution is 2.09. The number of hydrogen-bond acceptors (Lipinski definition) is 3. The molecule has 2 radical (unpaired) electrons. The minimum absolute atomic E-state index is 0.431. The predicted molar refractivity (Wildman–Crippen MR) is 38.5 cm³/mol. The second-order valence-corrected chi connectivity index (χ2v) is 2.19. The normalized spacial score (nSPS) is 22.4. The summed E-state index contributed by atoms with van der Waals surface area (Å²) in [5.74, 6) is 0. The van der Waals surface area contributed by atoms with Gasteiger partial charge in [-0.2, -0.15) is 0 Å². The van der Waals surface area contributed by atoms with E-state index in [1.54, 1.807) is 0 Å². The molecule has 0 aromatic heterocycles. The summed E-state index contributed by atoms with van der Waals surface area (Å²) in [6.45, 7) is 0.431. The van der Waals surface area contributed by atoms with Gasteiger partial charge in [-0.1, -0.05) is 30.5 Å². The van der Waals surface area contributed by atoms with Crippen LogP contribution in [0.1, 0.15) is 12.8 Å². The first-order chi connectivity index (χ1) is 5.00. The Bertz CT molecular complexity index is 48.1. The third-order valence-corrected chi connectivity index (χ3v) is 1.36. The molecule has 0 aromatic carbocycles. The average Bonchev–Trinajstić information content (AvgIpc) is 2.67. The van der Waals surface area contributed by atoms with Crippen LogP contribution in [0.5, 0.6) is 0 Å². The van der Waals surface area contributed by atoms with Crippen molar-refractivity contribution in [1.82, 2.24) is 0 Å². The molecule has 3 nitrogen and oxygen atoms in total. The van der Waals surface area contributed by atoms with Crippen LogP contribution in [0.2, 0.25) is 12.6 Å². The zero-order valence-corrected chi connectivity index (χ0v) is 5.91. The summed E-state index contributed by atoms with van der Waals surface area (Å²) in [7, 11) is 3.78. The summed E-state index contributed by atoms with van der Waals surface area (Å²) < 4.78 is 0. The molecule has 0 bridgehead atoms. The molecular formula is C5H10B2O3. The molecule has 2 fully saturated rings. The minimum Gasteiger partial charge on any atom is -0.278 e. The lowest BCUT2D eigenvalue weighted by Crippen LogP contribution is -1.86. The lowest BCUT2D eigenvalue weighted by atomic mass is 9.77. The Balaban J connectivity index is 0.0000001000. The molecule has 0 aliphatic carbocycles. The first-order valence-electron chi connectivity index (χ1n) is 3.58. The minimum atomic E-state index is 0.431. The monoisotopic (exact) mass is 140 g/mol. The molecule has 54 valence electrons. The van der Waals surface area contributed by atoms with Gasteiger partial charge in [0.25, 0.3) is 0 Å². The van der Waals surface area contributed by atoms with E-state index in [9.17, 15) is 0 Å². The van der Waals surface area contributed by atoms with E-state index in [-0.39, 0.29) is 0 Å². The van der Waals surface area contributed by atoms with Gasteiger partial charge >= 0.3 is 7.48 Å². The molecule has 2 aliphatic rings. The van der Waals surface area contributed by atoms with E-state index >= 15 is 0 Å². The lowest BCUT2D eigenvalue weighted by Gasteiger charge is -1.77. The molecule has 2 aliphatic heterocycles. The van der Waals surface area contributed by atoms with E-state index in [1.165, 1.54) is 33.0 Å². The zero-order chi connectivity index (χ0) is 7.07. The zero-order valence-electron chi connectivity index (χ0n) is 5.91. The van der Waals surface area contributed by atoms with Crippen LogP contribution in [0, 0.1) is 0 Å². The first-order valence-corrected chi connectivity index (χ1v) is 3.58. The summed E-state index contributed by atoms with van der Waals surface area (Å²) in [5, 5.41) is 3.89. The quantitative estimate of drug-likeness (QED) is 0.367. The third kappa shape index (κ3) is 3.93. The van der Waals surface area contributed by atoms with Crippen molar-refractivity contribution in [3.8, 4) is 0 Å². The molecule has 2 saturated heterocycles. The van der Waals surface area contributed by atoms with E-state index in [0.717, 1.165) is 0 Å². The molecule has 0 amide bonds. The van der Waals surface area contributed by atoms with Gasteiger partial charge in [0.2, 0.25) is 0 Å². The maximum absolute atomic E-state index is 4.17. The average molecular weight is 140 g/mol. The molecule has 0 spiro atoms. The molecular weight excluding hydrogens is 130 g/mol. The predicted octanol–water partition coefficient (Wildman–Crippen LogP) is 0.777. The number of rotatable bonds is 0. The van der Waals surface area contributed by atoms with Crippen molar-refractivity contribution in [3.05, 3.63) is 0 Å². The highest BCUT2D eigenvalue weighted by atomic mass is 17.5.